The van der Waals surface area contributed by atoms with E-state index in [0.717, 1.165) is 0 Å². The van der Waals surface area contributed by atoms with E-state index in [-0.39, 0.29) is 17.7 Å². The zero-order chi connectivity index (χ0) is 30.1. The first kappa shape index (κ1) is 27.6. The van der Waals surface area contributed by atoms with Crippen LogP contribution < -0.4 is 11.1 Å². The molecule has 9 heteroatoms. The fourth-order valence-electron chi connectivity index (χ4n) is 5.42. The van der Waals surface area contributed by atoms with Crippen LogP contribution in [0, 0.1) is 13.8 Å². The number of aromatic nitrogens is 4. The summed E-state index contributed by atoms with van der Waals surface area (Å²) in [4.78, 5) is 40.5. The first-order valence-electron chi connectivity index (χ1n) is 14.0. The van der Waals surface area contributed by atoms with Crippen LogP contribution in [-0.2, 0) is 4.74 Å². The highest BCUT2D eigenvalue weighted by Gasteiger charge is 2.33. The van der Waals surface area contributed by atoms with Crippen molar-refractivity contribution in [1.82, 2.24) is 19.6 Å². The number of para-hydroxylation sites is 2. The van der Waals surface area contributed by atoms with Crippen molar-refractivity contribution in [1.29, 1.82) is 0 Å². The Hall–Kier alpha value is -5.57. The molecule has 0 radical (unpaired) electrons. The summed E-state index contributed by atoms with van der Waals surface area (Å²) in [5, 5.41) is 6.38. The van der Waals surface area contributed by atoms with E-state index in [1.54, 1.807) is 37.3 Å². The summed E-state index contributed by atoms with van der Waals surface area (Å²) in [6.45, 7) is 5.65. The van der Waals surface area contributed by atoms with E-state index in [2.05, 4.69) is 10.2 Å². The van der Waals surface area contributed by atoms with Crippen molar-refractivity contribution in [3.8, 4) is 22.7 Å². The van der Waals surface area contributed by atoms with Crippen molar-refractivity contribution in [3.63, 3.8) is 0 Å². The monoisotopic (exact) mass is 574 g/mol. The van der Waals surface area contributed by atoms with E-state index in [4.69, 9.17) is 9.15 Å². The average Bonchev–Trinajstić information content (AvgIpc) is 3.72. The normalized spacial score (nSPS) is 11.3. The van der Waals surface area contributed by atoms with Gasteiger partial charge in [0, 0.05) is 17.0 Å². The van der Waals surface area contributed by atoms with Gasteiger partial charge in [-0.3, -0.25) is 19.8 Å². The van der Waals surface area contributed by atoms with Crippen LogP contribution in [0.1, 0.15) is 51.5 Å². The summed E-state index contributed by atoms with van der Waals surface area (Å²) >= 11 is 0. The van der Waals surface area contributed by atoms with Gasteiger partial charge in [-0.1, -0.05) is 48.5 Å². The maximum Gasteiger partial charge on any atom is 0.338 e. The average molecular weight is 575 g/mol. The largest absolute Gasteiger partial charge is 0.462 e. The summed E-state index contributed by atoms with van der Waals surface area (Å²) in [6.07, 6.45) is 0. The number of esters is 1. The number of aromatic amines is 2. The van der Waals surface area contributed by atoms with Gasteiger partial charge in [0.05, 0.1) is 40.6 Å². The zero-order valence-corrected chi connectivity index (χ0v) is 24.0. The molecule has 0 unspecified atom stereocenters. The fourth-order valence-corrected chi connectivity index (χ4v) is 5.42. The first-order valence-corrected chi connectivity index (χ1v) is 14.0. The van der Waals surface area contributed by atoms with Crippen LogP contribution in [0.25, 0.3) is 22.7 Å². The second-order valence-corrected chi connectivity index (χ2v) is 10.2. The van der Waals surface area contributed by atoms with E-state index in [0.29, 0.717) is 56.5 Å². The van der Waals surface area contributed by atoms with E-state index < -0.39 is 11.9 Å². The minimum absolute atomic E-state index is 0.267. The Morgan fingerprint density at radius 1 is 0.767 bits per heavy atom. The molecule has 2 N–H and O–H groups in total. The highest BCUT2D eigenvalue weighted by Crippen LogP contribution is 2.35. The van der Waals surface area contributed by atoms with Crippen LogP contribution in [0.4, 0.5) is 0 Å². The number of nitrogens with one attached hydrogen (secondary N) is 2. The van der Waals surface area contributed by atoms with Gasteiger partial charge in [-0.15, -0.1) is 0 Å². The number of carbonyl (C=O) groups is 1. The van der Waals surface area contributed by atoms with Gasteiger partial charge in [0.1, 0.15) is 11.5 Å². The molecule has 0 spiro atoms. The molecule has 0 aliphatic heterocycles. The zero-order valence-electron chi connectivity index (χ0n) is 24.0. The standard InChI is InChI=1S/C34H30N4O5/c1-4-42-34(41)24-13-11-12-23(20-24)27-18-19-28(43-27)31(29-21(2)35-37(32(29)39)25-14-7-5-8-15-25)30-22(3)36-38(33(30)40)26-16-9-6-10-17-26/h5-20,31,35-36H,4H2,1-3H3. The molecule has 216 valence electrons. The molecule has 3 aromatic heterocycles. The quantitative estimate of drug-likeness (QED) is 0.220. The molecule has 3 aromatic carbocycles. The predicted molar refractivity (Wildman–Crippen MR) is 163 cm³/mol. The predicted octanol–water partition coefficient (Wildman–Crippen LogP) is 5.88. The third-order valence-electron chi connectivity index (χ3n) is 7.41. The molecule has 0 saturated heterocycles. The molecule has 0 saturated carbocycles. The highest BCUT2D eigenvalue weighted by molar-refractivity contribution is 5.90. The number of hydrogen-bond donors (Lipinski definition) is 2. The van der Waals surface area contributed by atoms with Gasteiger partial charge >= 0.3 is 5.97 Å². The number of carbonyl (C=O) groups excluding carboxylic acids is 1. The van der Waals surface area contributed by atoms with Crippen molar-refractivity contribution < 1.29 is 13.9 Å². The van der Waals surface area contributed by atoms with Gasteiger partial charge < -0.3 is 9.15 Å². The van der Waals surface area contributed by atoms with Crippen LogP contribution in [-0.4, -0.2) is 32.1 Å². The Balaban J connectivity index is 1.53. The lowest BCUT2D eigenvalue weighted by Gasteiger charge is -2.13. The molecular formula is C34H30N4O5. The van der Waals surface area contributed by atoms with Gasteiger partial charge in [0.25, 0.3) is 11.1 Å². The Morgan fingerprint density at radius 3 is 1.86 bits per heavy atom. The molecule has 0 aliphatic rings. The van der Waals surface area contributed by atoms with Crippen LogP contribution in [0.15, 0.2) is 111 Å². The fraction of sp³-hybridized carbons (Fsp3) is 0.147. The number of nitrogens with zero attached hydrogens (tertiary/aromatic N) is 2. The Bertz CT molecular complexity index is 1930. The third kappa shape index (κ3) is 5.05. The van der Waals surface area contributed by atoms with Crippen molar-refractivity contribution in [3.05, 3.63) is 152 Å². The molecular weight excluding hydrogens is 544 g/mol. The van der Waals surface area contributed by atoms with Crippen molar-refractivity contribution >= 4 is 5.97 Å². The van der Waals surface area contributed by atoms with Crippen LogP contribution in [0.3, 0.4) is 0 Å². The summed E-state index contributed by atoms with van der Waals surface area (Å²) < 4.78 is 14.5. The van der Waals surface area contributed by atoms with E-state index in [1.165, 1.54) is 9.36 Å². The van der Waals surface area contributed by atoms with E-state index in [1.807, 2.05) is 80.6 Å². The maximum absolute atomic E-state index is 14.1. The Labute approximate surface area is 247 Å². The summed E-state index contributed by atoms with van der Waals surface area (Å²) in [7, 11) is 0. The topological polar surface area (TPSA) is 115 Å². The number of H-pyrrole nitrogens is 2. The summed E-state index contributed by atoms with van der Waals surface area (Å²) in [5.74, 6) is -0.359. The van der Waals surface area contributed by atoms with Gasteiger partial charge in [0.15, 0.2) is 0 Å². The highest BCUT2D eigenvalue weighted by atomic mass is 16.5. The van der Waals surface area contributed by atoms with Crippen LogP contribution in [0.2, 0.25) is 0 Å². The molecule has 3 heterocycles. The van der Waals surface area contributed by atoms with Gasteiger partial charge in [-0.25, -0.2) is 14.2 Å². The number of ether oxygens (including phenoxy) is 1. The molecule has 0 bridgehead atoms. The molecule has 0 aliphatic carbocycles. The number of rotatable bonds is 8. The lowest BCUT2D eigenvalue weighted by atomic mass is 9.89. The Kier molecular flexibility index (Phi) is 7.29. The third-order valence-corrected chi connectivity index (χ3v) is 7.41. The molecule has 0 atom stereocenters. The van der Waals surface area contributed by atoms with Crippen molar-refractivity contribution in [2.24, 2.45) is 0 Å². The number of benzene rings is 3. The van der Waals surface area contributed by atoms with Crippen LogP contribution >= 0.6 is 0 Å². The number of furan rings is 1. The number of hydrogen-bond acceptors (Lipinski definition) is 5. The maximum atomic E-state index is 14.1. The second-order valence-electron chi connectivity index (χ2n) is 10.2. The molecule has 43 heavy (non-hydrogen) atoms. The van der Waals surface area contributed by atoms with Gasteiger partial charge in [-0.05, 0) is 69.3 Å². The molecule has 9 nitrogen and oxygen atoms in total. The molecule has 0 fully saturated rings. The SMILES string of the molecule is CCOC(=O)c1cccc(-c2ccc(C(c3c(C)[nH]n(-c4ccccc4)c3=O)c3c(C)[nH]n(-c4ccccc4)c3=O)o2)c1. The minimum atomic E-state index is -0.829. The lowest BCUT2D eigenvalue weighted by molar-refractivity contribution is 0.0526. The van der Waals surface area contributed by atoms with Gasteiger partial charge in [-0.2, -0.15) is 0 Å². The summed E-state index contributed by atoms with van der Waals surface area (Å²) in [5.41, 5.74) is 3.81. The minimum Gasteiger partial charge on any atom is -0.462 e. The van der Waals surface area contributed by atoms with Gasteiger partial charge in [0.2, 0.25) is 0 Å². The van der Waals surface area contributed by atoms with E-state index >= 15 is 0 Å². The molecule has 0 amide bonds. The number of aryl methyl sites for hydroxylation is 2. The lowest BCUT2D eigenvalue weighted by Crippen LogP contribution is -2.25. The Morgan fingerprint density at radius 2 is 1.33 bits per heavy atom. The first-order chi connectivity index (χ1) is 20.9. The molecule has 6 aromatic rings. The van der Waals surface area contributed by atoms with E-state index in [9.17, 15) is 14.4 Å². The summed E-state index contributed by atoms with van der Waals surface area (Å²) in [6, 6.07) is 29.0. The van der Waals surface area contributed by atoms with Crippen LogP contribution in [0.5, 0.6) is 0 Å². The van der Waals surface area contributed by atoms with Crippen molar-refractivity contribution in [2.45, 2.75) is 26.7 Å². The second kappa shape index (κ2) is 11.4. The molecule has 6 rings (SSSR count). The smallest absolute Gasteiger partial charge is 0.338 e. The van der Waals surface area contributed by atoms with Crippen molar-refractivity contribution in [2.75, 3.05) is 6.61 Å².